The van der Waals surface area contributed by atoms with E-state index in [0.717, 1.165) is 18.2 Å². The molecule has 0 saturated carbocycles. The van der Waals surface area contributed by atoms with Gasteiger partial charge in [0.1, 0.15) is 34.8 Å². The molecule has 0 heterocycles. The normalized spacial score (nSPS) is 9.85. The van der Waals surface area contributed by atoms with Gasteiger partial charge in [0, 0.05) is 6.07 Å². The van der Waals surface area contributed by atoms with E-state index in [4.69, 9.17) is 15.1 Å². The second-order valence-electron chi connectivity index (χ2n) is 3.77. The largest absolute Gasteiger partial charge is 0.478 e. The molecule has 0 fully saturated rings. The van der Waals surface area contributed by atoms with Crippen LogP contribution < -0.4 is 4.74 Å². The zero-order chi connectivity index (χ0) is 14.7. The van der Waals surface area contributed by atoms with Crippen LogP contribution in [0, 0.1) is 23.0 Å². The predicted molar refractivity (Wildman–Crippen MR) is 64.5 cm³/mol. The molecule has 0 unspecified atom stereocenters. The van der Waals surface area contributed by atoms with Gasteiger partial charge in [0.05, 0.1) is 5.56 Å². The lowest BCUT2D eigenvalue weighted by atomic mass is 10.2. The van der Waals surface area contributed by atoms with Crippen LogP contribution in [0.15, 0.2) is 36.4 Å². The van der Waals surface area contributed by atoms with E-state index in [2.05, 4.69) is 0 Å². The highest BCUT2D eigenvalue weighted by Crippen LogP contribution is 2.27. The van der Waals surface area contributed by atoms with Gasteiger partial charge in [0.15, 0.2) is 0 Å². The van der Waals surface area contributed by atoms with Crippen LogP contribution in [0.5, 0.6) is 11.5 Å². The maximum atomic E-state index is 13.5. The fourth-order valence-electron chi connectivity index (χ4n) is 1.56. The number of hydrogen-bond donors (Lipinski definition) is 1. The van der Waals surface area contributed by atoms with Crippen molar-refractivity contribution in [3.05, 3.63) is 59.2 Å². The van der Waals surface area contributed by atoms with Crippen molar-refractivity contribution in [2.45, 2.75) is 0 Å². The summed E-state index contributed by atoms with van der Waals surface area (Å²) in [6.45, 7) is 0. The molecule has 2 aromatic carbocycles. The van der Waals surface area contributed by atoms with Gasteiger partial charge in [0.25, 0.3) is 0 Å². The Morgan fingerprint density at radius 1 is 1.20 bits per heavy atom. The quantitative estimate of drug-likeness (QED) is 0.932. The maximum absolute atomic E-state index is 13.5. The Morgan fingerprint density at radius 2 is 1.95 bits per heavy atom. The third-order valence-electron chi connectivity index (χ3n) is 2.49. The highest BCUT2D eigenvalue weighted by atomic mass is 19.1. The lowest BCUT2D eigenvalue weighted by molar-refractivity contribution is 0.0692. The van der Waals surface area contributed by atoms with E-state index in [0.29, 0.717) is 0 Å². The van der Waals surface area contributed by atoms with Gasteiger partial charge in [-0.15, -0.1) is 0 Å². The summed E-state index contributed by atoms with van der Waals surface area (Å²) in [4.78, 5) is 10.7. The number of carbonyl (C=O) groups is 1. The Morgan fingerprint density at radius 3 is 2.55 bits per heavy atom. The van der Waals surface area contributed by atoms with E-state index in [-0.39, 0.29) is 17.1 Å². The number of hydrogen-bond acceptors (Lipinski definition) is 3. The smallest absolute Gasteiger partial charge is 0.338 e. The molecule has 0 aromatic heterocycles. The summed E-state index contributed by atoms with van der Waals surface area (Å²) in [5, 5.41) is 17.5. The fourth-order valence-corrected chi connectivity index (χ4v) is 1.56. The molecule has 0 atom stereocenters. The van der Waals surface area contributed by atoms with Gasteiger partial charge in [-0.1, -0.05) is 6.07 Å². The molecule has 0 spiro atoms. The van der Waals surface area contributed by atoms with Crippen LogP contribution in [0.2, 0.25) is 0 Å². The molecular formula is C14H7F2NO3. The summed E-state index contributed by atoms with van der Waals surface area (Å²) >= 11 is 0. The molecule has 0 bridgehead atoms. The summed E-state index contributed by atoms with van der Waals surface area (Å²) in [5.74, 6) is -3.25. The Balaban J connectivity index is 2.37. The van der Waals surface area contributed by atoms with Crippen LogP contribution in [0.1, 0.15) is 15.9 Å². The molecule has 2 aromatic rings. The average molecular weight is 275 g/mol. The second kappa shape index (κ2) is 5.36. The van der Waals surface area contributed by atoms with Crippen molar-refractivity contribution < 1.29 is 23.4 Å². The van der Waals surface area contributed by atoms with Gasteiger partial charge in [0.2, 0.25) is 0 Å². The van der Waals surface area contributed by atoms with Crippen molar-refractivity contribution in [1.82, 2.24) is 0 Å². The fraction of sp³-hybridized carbons (Fsp3) is 0. The van der Waals surface area contributed by atoms with Gasteiger partial charge >= 0.3 is 5.97 Å². The van der Waals surface area contributed by atoms with Gasteiger partial charge in [-0.3, -0.25) is 0 Å². The molecule has 6 heteroatoms. The zero-order valence-electron chi connectivity index (χ0n) is 9.93. The lowest BCUT2D eigenvalue weighted by Crippen LogP contribution is -2.00. The van der Waals surface area contributed by atoms with Crippen molar-refractivity contribution in [2.24, 2.45) is 0 Å². The van der Waals surface area contributed by atoms with E-state index in [1.807, 2.05) is 0 Å². The second-order valence-corrected chi connectivity index (χ2v) is 3.77. The minimum absolute atomic E-state index is 0.0328. The summed E-state index contributed by atoms with van der Waals surface area (Å²) in [7, 11) is 0. The summed E-state index contributed by atoms with van der Waals surface area (Å²) < 4.78 is 32.0. The van der Waals surface area contributed by atoms with Gasteiger partial charge < -0.3 is 9.84 Å². The summed E-state index contributed by atoms with van der Waals surface area (Å²) in [6.07, 6.45) is 0. The summed E-state index contributed by atoms with van der Waals surface area (Å²) in [5.41, 5.74) is -0.813. The molecule has 20 heavy (non-hydrogen) atoms. The first-order chi connectivity index (χ1) is 9.52. The van der Waals surface area contributed by atoms with E-state index in [1.165, 1.54) is 18.2 Å². The van der Waals surface area contributed by atoms with Crippen molar-refractivity contribution in [2.75, 3.05) is 0 Å². The van der Waals surface area contributed by atoms with Crippen molar-refractivity contribution in [3.63, 3.8) is 0 Å². The monoisotopic (exact) mass is 275 g/mol. The minimum atomic E-state index is -1.41. The van der Waals surface area contributed by atoms with Crippen LogP contribution in [0.4, 0.5) is 8.78 Å². The number of rotatable bonds is 3. The molecule has 0 aliphatic rings. The molecule has 2 rings (SSSR count). The molecular weight excluding hydrogens is 268 g/mol. The Kier molecular flexibility index (Phi) is 3.62. The van der Waals surface area contributed by atoms with E-state index in [9.17, 15) is 13.6 Å². The summed E-state index contributed by atoms with van der Waals surface area (Å²) in [6, 6.07) is 8.53. The van der Waals surface area contributed by atoms with E-state index in [1.54, 1.807) is 6.07 Å². The van der Waals surface area contributed by atoms with Crippen LogP contribution >= 0.6 is 0 Å². The van der Waals surface area contributed by atoms with Crippen LogP contribution in [0.25, 0.3) is 0 Å². The maximum Gasteiger partial charge on any atom is 0.338 e. The number of carboxylic acid groups (broad SMARTS) is 1. The number of nitriles is 1. The molecule has 0 radical (unpaired) electrons. The third-order valence-corrected chi connectivity index (χ3v) is 2.49. The van der Waals surface area contributed by atoms with Gasteiger partial charge in [-0.2, -0.15) is 5.26 Å². The number of nitrogens with zero attached hydrogens (tertiary/aromatic N) is 1. The zero-order valence-corrected chi connectivity index (χ0v) is 9.93. The first-order valence-corrected chi connectivity index (χ1v) is 5.42. The number of aromatic carboxylic acids is 1. The Hall–Kier alpha value is -2.94. The highest BCUT2D eigenvalue weighted by Gasteiger charge is 2.13. The van der Waals surface area contributed by atoms with Gasteiger partial charge in [-0.25, -0.2) is 13.6 Å². The first kappa shape index (κ1) is 13.5. The number of halogens is 2. The first-order valence-electron chi connectivity index (χ1n) is 5.42. The van der Waals surface area contributed by atoms with Crippen LogP contribution in [-0.2, 0) is 0 Å². The Labute approximate surface area is 112 Å². The average Bonchev–Trinajstić information content (AvgIpc) is 2.38. The van der Waals surface area contributed by atoms with E-state index >= 15 is 0 Å². The highest BCUT2D eigenvalue weighted by molar-refractivity contribution is 5.88. The van der Waals surface area contributed by atoms with Crippen molar-refractivity contribution in [3.8, 4) is 17.6 Å². The van der Waals surface area contributed by atoms with E-state index < -0.39 is 23.2 Å². The molecule has 1 N–H and O–H groups in total. The molecule has 0 aliphatic carbocycles. The van der Waals surface area contributed by atoms with Crippen LogP contribution in [-0.4, -0.2) is 11.1 Å². The SMILES string of the molecule is N#Cc1c(F)cccc1Oc1ccc(C(=O)O)c(F)c1. The van der Waals surface area contributed by atoms with Crippen LogP contribution in [0.3, 0.4) is 0 Å². The molecule has 0 saturated heterocycles. The Bertz CT molecular complexity index is 723. The molecule has 0 aliphatic heterocycles. The van der Waals surface area contributed by atoms with Crippen molar-refractivity contribution >= 4 is 5.97 Å². The lowest BCUT2D eigenvalue weighted by Gasteiger charge is -2.08. The number of benzene rings is 2. The number of ether oxygens (including phenoxy) is 1. The minimum Gasteiger partial charge on any atom is -0.478 e. The molecule has 0 amide bonds. The predicted octanol–water partition coefficient (Wildman–Crippen LogP) is 3.33. The van der Waals surface area contributed by atoms with Crippen molar-refractivity contribution in [1.29, 1.82) is 5.26 Å². The van der Waals surface area contributed by atoms with Gasteiger partial charge in [-0.05, 0) is 24.3 Å². The molecule has 4 nitrogen and oxygen atoms in total. The standard InChI is InChI=1S/C14H7F2NO3/c15-11-2-1-3-13(10(11)7-17)20-8-4-5-9(14(18)19)12(16)6-8/h1-6H,(H,18,19). The number of carboxylic acids is 1. The topological polar surface area (TPSA) is 70.3 Å². The molecule has 100 valence electrons. The third kappa shape index (κ3) is 2.57.